The third kappa shape index (κ3) is 22.0. The molecule has 9 aromatic rings. The van der Waals surface area contributed by atoms with Gasteiger partial charge in [0.25, 0.3) is 35.4 Å². The third-order valence-corrected chi connectivity index (χ3v) is 17.5. The summed E-state index contributed by atoms with van der Waals surface area (Å²) in [5.41, 5.74) is 13.1. The first-order valence-electron chi connectivity index (χ1n) is 32.8. The molecule has 1 unspecified atom stereocenters. The van der Waals surface area contributed by atoms with E-state index in [1.165, 1.54) is 46.2 Å². The highest BCUT2D eigenvalue weighted by Gasteiger charge is 2.42. The molecule has 540 valence electrons. The Morgan fingerprint density at radius 2 is 0.951 bits per heavy atom. The Bertz CT molecular complexity index is 4370. The number of Topliss-reactive ketones (excluding diaryl/α,β-unsaturated/α-hetero) is 1. The number of para-hydroxylation sites is 1. The number of benzene rings is 8. The number of ketones is 1. The maximum absolute atomic E-state index is 13.6. The number of fused-ring (bicyclic) bond motifs is 1. The molecule has 0 saturated heterocycles. The van der Waals surface area contributed by atoms with E-state index >= 15 is 0 Å². The van der Waals surface area contributed by atoms with Crippen molar-refractivity contribution in [2.75, 3.05) is 5.32 Å². The lowest BCUT2D eigenvalue weighted by Crippen LogP contribution is -2.38. The fraction of sp³-hybridized carbons (Fsp3) is 0.247. The molecule has 1 aliphatic carbocycles. The summed E-state index contributed by atoms with van der Waals surface area (Å²) in [6, 6.07) is 50.3. The second-order valence-electron chi connectivity index (χ2n) is 24.7. The first kappa shape index (κ1) is 78.9. The minimum atomic E-state index is -4.75. The van der Waals surface area contributed by atoms with Crippen LogP contribution in [0.2, 0.25) is 0 Å². The standard InChI is InChI=1S/C24H24N2O3.C19H16F3N3O3.C18H25NO3.C16H15F2N3O3/c1-2-6-22(19-11-15-21(16-12-19)24(28)26-29)25-23(27)20-13-9-18(10-14-20)17-7-4-3-5-8-17;1-25-14-5-3-2-4-13(14)10-15(25)18(27)23-16(19(20,21)22)11-6-8-12(9-7-11)17(26)24-28;1-13(12-16(20)18(2)10-4-3-5-11-18)14-6-8-15(9-7-14)17(21)19-22;1-9(10-2-4-11(5-3-10)15(22)21-24)19-16(23)20-12-6-7-13(17)14(18)8-12/h3-5,7-16,22,29H,2,6H2,1H3,(H,25,27)(H,26,28);2-10,16,28H,1H3,(H,23,27)(H,24,26);6-9,13,22H,3-5,10-12H2,1-2H3,(H,19,21);2-9,24H,1H3,(H,21,22)(H2,19,20,23)/t22-;16-;13-;/m111./s1. The molecule has 1 heterocycles. The van der Waals surface area contributed by atoms with Gasteiger partial charge in [-0.3, -0.25) is 54.4 Å². The molecule has 1 fully saturated rings. The molecule has 21 nitrogen and oxygen atoms in total. The van der Waals surface area contributed by atoms with Gasteiger partial charge in [-0.05, 0) is 150 Å². The Balaban J connectivity index is 0.000000193. The number of aryl methyl sites for hydroxylation is 1. The van der Waals surface area contributed by atoms with Gasteiger partial charge in [0, 0.05) is 69.4 Å². The number of halogens is 5. The molecule has 0 bridgehead atoms. The number of carbonyl (C=O) groups is 8. The smallest absolute Gasteiger partial charge is 0.345 e. The molecule has 8 aromatic carbocycles. The lowest BCUT2D eigenvalue weighted by molar-refractivity contribution is -0.155. The molecule has 12 N–H and O–H groups in total. The zero-order chi connectivity index (χ0) is 75.0. The predicted octanol–water partition coefficient (Wildman–Crippen LogP) is 14.9. The number of rotatable bonds is 20. The number of carbonyl (C=O) groups excluding carboxylic acids is 8. The minimum absolute atomic E-state index is 0.0211. The van der Waals surface area contributed by atoms with Crippen LogP contribution in [0.25, 0.3) is 22.0 Å². The maximum Gasteiger partial charge on any atom is 0.412 e. The average molecular weight is 1420 g/mol. The van der Waals surface area contributed by atoms with Gasteiger partial charge in [-0.25, -0.2) is 35.5 Å². The Labute approximate surface area is 590 Å². The fourth-order valence-electron chi connectivity index (χ4n) is 11.5. The van der Waals surface area contributed by atoms with Crippen LogP contribution < -0.4 is 43.2 Å². The summed E-state index contributed by atoms with van der Waals surface area (Å²) in [6.45, 7) is 7.93. The minimum Gasteiger partial charge on any atom is -0.345 e. The van der Waals surface area contributed by atoms with Crippen molar-refractivity contribution in [3.63, 3.8) is 0 Å². The molecule has 26 heteroatoms. The highest BCUT2D eigenvalue weighted by atomic mass is 19.4. The molecule has 8 amide bonds. The number of aromatic nitrogens is 1. The van der Waals surface area contributed by atoms with E-state index < -0.39 is 65.5 Å². The summed E-state index contributed by atoms with van der Waals surface area (Å²) in [7, 11) is 1.60. The number of hydrogen-bond acceptors (Lipinski definition) is 12. The number of amides is 8. The van der Waals surface area contributed by atoms with Crippen molar-refractivity contribution in [3.05, 3.63) is 268 Å². The molecular weight excluding hydrogens is 1340 g/mol. The Kier molecular flexibility index (Phi) is 28.6. The van der Waals surface area contributed by atoms with Crippen LogP contribution in [-0.4, -0.2) is 78.8 Å². The van der Waals surface area contributed by atoms with Gasteiger partial charge in [-0.2, -0.15) is 13.2 Å². The molecule has 103 heavy (non-hydrogen) atoms. The van der Waals surface area contributed by atoms with E-state index in [0.29, 0.717) is 34.5 Å². The molecule has 0 radical (unpaired) electrons. The molecule has 0 aliphatic heterocycles. The predicted molar refractivity (Wildman–Crippen MR) is 375 cm³/mol. The van der Waals surface area contributed by atoms with E-state index in [1.807, 2.05) is 79.0 Å². The Morgan fingerprint density at radius 1 is 0.495 bits per heavy atom. The van der Waals surface area contributed by atoms with E-state index in [2.05, 4.69) is 29.8 Å². The third-order valence-electron chi connectivity index (χ3n) is 17.5. The molecule has 1 aliphatic rings. The highest BCUT2D eigenvalue weighted by molar-refractivity contribution is 6.00. The zero-order valence-corrected chi connectivity index (χ0v) is 56.9. The number of urea groups is 1. The topological polar surface area (TPSA) is 319 Å². The van der Waals surface area contributed by atoms with E-state index in [-0.39, 0.29) is 51.4 Å². The molecule has 4 atom stereocenters. The van der Waals surface area contributed by atoms with Gasteiger partial charge in [0.1, 0.15) is 11.5 Å². The summed E-state index contributed by atoms with van der Waals surface area (Å²) >= 11 is 0. The van der Waals surface area contributed by atoms with Crippen LogP contribution in [0.4, 0.5) is 32.4 Å². The van der Waals surface area contributed by atoms with Crippen LogP contribution in [0.5, 0.6) is 0 Å². The Morgan fingerprint density at radius 3 is 1.44 bits per heavy atom. The normalized spacial score (nSPS) is 13.3. The quantitative estimate of drug-likeness (QED) is 0.0193. The van der Waals surface area contributed by atoms with Gasteiger partial charge >= 0.3 is 12.2 Å². The number of alkyl halides is 3. The first-order chi connectivity index (χ1) is 49.2. The van der Waals surface area contributed by atoms with Gasteiger partial charge in [0.2, 0.25) is 0 Å². The summed E-state index contributed by atoms with van der Waals surface area (Å²) in [5, 5.41) is 45.3. The van der Waals surface area contributed by atoms with Crippen LogP contribution in [0.3, 0.4) is 0 Å². The SMILES string of the molecule is CC(NC(=O)Nc1ccc(F)c(F)c1)c1ccc(C(=O)NO)cc1.CCC[C@@H](NC(=O)c1ccc(-c2ccccc2)cc1)c1ccc(C(=O)NO)cc1.C[C@H](CC(=O)C1(C)CCCCC1)c1ccc(C(=O)NO)cc1.Cn1c(C(=O)N[C@H](c2ccc(C(=O)NO)cc2)C(F)(F)F)cc2ccccc21. The number of nitrogens with zero attached hydrogens (tertiary/aromatic N) is 1. The number of hydroxylamine groups is 4. The largest absolute Gasteiger partial charge is 0.412 e. The summed E-state index contributed by atoms with van der Waals surface area (Å²) in [6.07, 6.45) is 3.04. The van der Waals surface area contributed by atoms with Crippen LogP contribution in [-0.2, 0) is 11.8 Å². The molecule has 1 aromatic heterocycles. The van der Waals surface area contributed by atoms with Crippen molar-refractivity contribution in [1.82, 2.24) is 42.4 Å². The van der Waals surface area contributed by atoms with Crippen molar-refractivity contribution < 1.29 is 81.1 Å². The van der Waals surface area contributed by atoms with Crippen LogP contribution in [0.15, 0.2) is 200 Å². The lowest BCUT2D eigenvalue weighted by Gasteiger charge is -2.33. The van der Waals surface area contributed by atoms with E-state index in [1.54, 1.807) is 97.7 Å². The van der Waals surface area contributed by atoms with Crippen molar-refractivity contribution in [1.29, 1.82) is 0 Å². The number of anilines is 1. The van der Waals surface area contributed by atoms with Gasteiger partial charge < -0.3 is 25.8 Å². The van der Waals surface area contributed by atoms with Gasteiger partial charge in [0.05, 0.1) is 12.1 Å². The van der Waals surface area contributed by atoms with Gasteiger partial charge in [0.15, 0.2) is 17.7 Å². The fourth-order valence-corrected chi connectivity index (χ4v) is 11.5. The van der Waals surface area contributed by atoms with E-state index in [9.17, 15) is 60.3 Å². The van der Waals surface area contributed by atoms with Crippen LogP contribution >= 0.6 is 0 Å². The monoisotopic (exact) mass is 1420 g/mol. The van der Waals surface area contributed by atoms with Gasteiger partial charge in [-0.15, -0.1) is 0 Å². The average Bonchev–Trinajstić information content (AvgIpc) is 1.70. The van der Waals surface area contributed by atoms with Crippen LogP contribution in [0, 0.1) is 17.0 Å². The highest BCUT2D eigenvalue weighted by Crippen LogP contribution is 2.40. The molecular formula is C77H80F5N9O12. The first-order valence-corrected chi connectivity index (χ1v) is 32.8. The van der Waals surface area contributed by atoms with Crippen LogP contribution in [0.1, 0.15) is 188 Å². The lowest BCUT2D eigenvalue weighted by atomic mass is 9.70. The maximum atomic E-state index is 13.6. The van der Waals surface area contributed by atoms with Crippen molar-refractivity contribution in [3.8, 4) is 11.1 Å². The van der Waals surface area contributed by atoms with Crippen molar-refractivity contribution in [2.24, 2.45) is 12.5 Å². The second-order valence-corrected chi connectivity index (χ2v) is 24.7. The van der Waals surface area contributed by atoms with Crippen molar-refractivity contribution >= 4 is 63.8 Å². The Hall–Kier alpha value is -11.5. The molecule has 1 saturated carbocycles. The summed E-state index contributed by atoms with van der Waals surface area (Å²) in [5.74, 6) is -5.16. The van der Waals surface area contributed by atoms with Gasteiger partial charge in [-0.1, -0.05) is 156 Å². The number of nitrogens with one attached hydrogen (secondary N) is 8. The summed E-state index contributed by atoms with van der Waals surface area (Å²) in [4.78, 5) is 95.2. The zero-order valence-electron chi connectivity index (χ0n) is 56.9. The van der Waals surface area contributed by atoms with E-state index in [0.717, 1.165) is 108 Å². The van der Waals surface area contributed by atoms with Crippen molar-refractivity contribution in [2.45, 2.75) is 109 Å². The number of hydrogen-bond donors (Lipinski definition) is 12. The molecule has 10 rings (SSSR count). The summed E-state index contributed by atoms with van der Waals surface area (Å²) < 4.78 is 68.2. The molecule has 0 spiro atoms. The second kappa shape index (κ2) is 37.3. The van der Waals surface area contributed by atoms with E-state index in [4.69, 9.17) is 20.8 Å².